The van der Waals surface area contributed by atoms with Gasteiger partial charge in [0.05, 0.1) is 12.2 Å². The Labute approximate surface area is 104 Å². The van der Waals surface area contributed by atoms with Crippen LogP contribution in [-0.2, 0) is 9.53 Å². The van der Waals surface area contributed by atoms with Crippen LogP contribution in [0.25, 0.3) is 0 Å². The second kappa shape index (κ2) is 6.93. The number of rotatable bonds is 5. The van der Waals surface area contributed by atoms with Gasteiger partial charge in [-0.2, -0.15) is 0 Å². The molecule has 2 unspecified atom stereocenters. The van der Waals surface area contributed by atoms with E-state index in [-0.39, 0.29) is 24.2 Å². The zero-order valence-corrected chi connectivity index (χ0v) is 11.1. The maximum absolute atomic E-state index is 11.5. The third-order valence-electron chi connectivity index (χ3n) is 2.77. The summed E-state index contributed by atoms with van der Waals surface area (Å²) in [4.78, 5) is 13.8. The summed E-state index contributed by atoms with van der Waals surface area (Å²) in [6.07, 6.45) is 0.847. The number of hydrogen-bond donors (Lipinski definition) is 2. The first-order valence-corrected chi connectivity index (χ1v) is 6.38. The van der Waals surface area contributed by atoms with Gasteiger partial charge in [0.1, 0.15) is 0 Å². The second-order valence-electron chi connectivity index (χ2n) is 5.04. The van der Waals surface area contributed by atoms with E-state index in [9.17, 15) is 4.79 Å². The maximum Gasteiger partial charge on any atom is 0.221 e. The summed E-state index contributed by atoms with van der Waals surface area (Å²) in [5.74, 6) is 0.114. The Kier molecular flexibility index (Phi) is 5.88. The minimum atomic E-state index is 0.104. The largest absolute Gasteiger partial charge is 0.371 e. The van der Waals surface area contributed by atoms with Crippen molar-refractivity contribution in [1.82, 2.24) is 10.2 Å². The summed E-state index contributed by atoms with van der Waals surface area (Å²) in [6, 6.07) is 0.211. The molecule has 100 valence electrons. The lowest BCUT2D eigenvalue weighted by Crippen LogP contribution is -2.50. The van der Waals surface area contributed by atoms with Crippen LogP contribution in [0.1, 0.15) is 27.2 Å². The van der Waals surface area contributed by atoms with Crippen molar-refractivity contribution in [2.24, 2.45) is 5.73 Å². The summed E-state index contributed by atoms with van der Waals surface area (Å²) in [5, 5.41) is 2.90. The number of carbonyl (C=O) groups is 1. The van der Waals surface area contributed by atoms with Gasteiger partial charge in [-0.3, -0.25) is 9.69 Å². The van der Waals surface area contributed by atoms with Gasteiger partial charge in [-0.15, -0.1) is 0 Å². The van der Waals surface area contributed by atoms with Gasteiger partial charge < -0.3 is 15.8 Å². The highest BCUT2D eigenvalue weighted by atomic mass is 16.5. The van der Waals surface area contributed by atoms with Crippen LogP contribution in [0.4, 0.5) is 0 Å². The van der Waals surface area contributed by atoms with Gasteiger partial charge >= 0.3 is 0 Å². The molecule has 1 fully saturated rings. The van der Waals surface area contributed by atoms with E-state index in [1.54, 1.807) is 0 Å². The molecule has 0 aliphatic carbocycles. The minimum Gasteiger partial charge on any atom is -0.371 e. The maximum atomic E-state index is 11.5. The van der Waals surface area contributed by atoms with Gasteiger partial charge in [-0.25, -0.2) is 0 Å². The fourth-order valence-corrected chi connectivity index (χ4v) is 2.11. The Morgan fingerprint density at radius 3 is 2.82 bits per heavy atom. The van der Waals surface area contributed by atoms with Crippen molar-refractivity contribution in [1.29, 1.82) is 0 Å². The van der Waals surface area contributed by atoms with E-state index in [4.69, 9.17) is 10.5 Å². The van der Waals surface area contributed by atoms with Crippen LogP contribution in [0.3, 0.4) is 0 Å². The zero-order valence-electron chi connectivity index (χ0n) is 11.1. The molecule has 5 nitrogen and oxygen atoms in total. The summed E-state index contributed by atoms with van der Waals surface area (Å²) >= 11 is 0. The summed E-state index contributed by atoms with van der Waals surface area (Å²) in [7, 11) is 0. The third-order valence-corrected chi connectivity index (χ3v) is 2.77. The lowest BCUT2D eigenvalue weighted by atomic mass is 10.2. The van der Waals surface area contributed by atoms with Gasteiger partial charge in [0, 0.05) is 38.6 Å². The first kappa shape index (κ1) is 14.4. The Hall–Kier alpha value is -0.650. The molecule has 1 aliphatic heterocycles. The number of nitrogens with one attached hydrogen (secondary N) is 1. The molecular formula is C12H25N3O2. The molecule has 17 heavy (non-hydrogen) atoms. The highest BCUT2D eigenvalue weighted by Gasteiger charge is 2.24. The van der Waals surface area contributed by atoms with E-state index < -0.39 is 0 Å². The van der Waals surface area contributed by atoms with Gasteiger partial charge in [0.2, 0.25) is 5.91 Å². The molecule has 0 aromatic rings. The molecule has 0 aromatic heterocycles. The summed E-state index contributed by atoms with van der Waals surface area (Å²) in [5.41, 5.74) is 5.62. The molecule has 0 bridgehead atoms. The van der Waals surface area contributed by atoms with Crippen LogP contribution in [0.2, 0.25) is 0 Å². The number of morpholine rings is 1. The van der Waals surface area contributed by atoms with Crippen molar-refractivity contribution in [3.05, 3.63) is 0 Å². The van der Waals surface area contributed by atoms with E-state index in [2.05, 4.69) is 10.2 Å². The molecule has 0 radical (unpaired) electrons. The standard InChI is InChI=1S/C12H25N3O2/c1-9(2)14-12(16)4-5-15-7-10(3)17-11(6-13)8-15/h9-11H,4-8,13H2,1-3H3,(H,14,16). The highest BCUT2D eigenvalue weighted by molar-refractivity contribution is 5.76. The van der Waals surface area contributed by atoms with E-state index in [1.165, 1.54) is 0 Å². The Balaban J connectivity index is 2.28. The number of ether oxygens (including phenoxy) is 1. The Morgan fingerprint density at radius 2 is 2.24 bits per heavy atom. The highest BCUT2D eigenvalue weighted by Crippen LogP contribution is 2.10. The molecule has 5 heteroatoms. The summed E-state index contributed by atoms with van der Waals surface area (Å²) in [6.45, 7) is 9.02. The quantitative estimate of drug-likeness (QED) is 0.710. The SMILES string of the molecule is CC(C)NC(=O)CCN1CC(C)OC(CN)C1. The van der Waals surface area contributed by atoms with Crippen molar-refractivity contribution < 1.29 is 9.53 Å². The number of nitrogens with zero attached hydrogens (tertiary/aromatic N) is 1. The monoisotopic (exact) mass is 243 g/mol. The first-order chi connectivity index (χ1) is 8.01. The van der Waals surface area contributed by atoms with Gasteiger partial charge in [0.25, 0.3) is 0 Å². The zero-order chi connectivity index (χ0) is 12.8. The predicted molar refractivity (Wildman–Crippen MR) is 67.7 cm³/mol. The third kappa shape index (κ3) is 5.48. The molecule has 2 atom stereocenters. The molecule has 0 spiro atoms. The molecule has 1 saturated heterocycles. The van der Waals surface area contributed by atoms with E-state index in [0.717, 1.165) is 19.6 Å². The number of carbonyl (C=O) groups excluding carboxylic acids is 1. The molecular weight excluding hydrogens is 218 g/mol. The lowest BCUT2D eigenvalue weighted by Gasteiger charge is -2.36. The van der Waals surface area contributed by atoms with Crippen LogP contribution in [0, 0.1) is 0 Å². The fraction of sp³-hybridized carbons (Fsp3) is 0.917. The number of hydrogen-bond acceptors (Lipinski definition) is 4. The smallest absolute Gasteiger partial charge is 0.221 e. The van der Waals surface area contributed by atoms with E-state index in [0.29, 0.717) is 13.0 Å². The topological polar surface area (TPSA) is 67.6 Å². The molecule has 1 heterocycles. The molecule has 0 aromatic carbocycles. The Morgan fingerprint density at radius 1 is 1.53 bits per heavy atom. The van der Waals surface area contributed by atoms with Crippen molar-refractivity contribution in [2.75, 3.05) is 26.2 Å². The first-order valence-electron chi connectivity index (χ1n) is 6.38. The lowest BCUT2D eigenvalue weighted by molar-refractivity contribution is -0.123. The van der Waals surface area contributed by atoms with Crippen LogP contribution in [0.15, 0.2) is 0 Å². The second-order valence-corrected chi connectivity index (χ2v) is 5.04. The normalized spacial score (nSPS) is 26.2. The van der Waals surface area contributed by atoms with Crippen LogP contribution >= 0.6 is 0 Å². The van der Waals surface area contributed by atoms with Crippen LogP contribution in [0.5, 0.6) is 0 Å². The van der Waals surface area contributed by atoms with Crippen molar-refractivity contribution in [3.8, 4) is 0 Å². The predicted octanol–water partition coefficient (Wildman–Crippen LogP) is -0.0509. The van der Waals surface area contributed by atoms with E-state index >= 15 is 0 Å². The minimum absolute atomic E-state index is 0.104. The van der Waals surface area contributed by atoms with Gasteiger partial charge in [-0.1, -0.05) is 0 Å². The van der Waals surface area contributed by atoms with Crippen molar-refractivity contribution in [3.63, 3.8) is 0 Å². The molecule has 1 aliphatic rings. The van der Waals surface area contributed by atoms with Crippen LogP contribution in [-0.4, -0.2) is 55.2 Å². The van der Waals surface area contributed by atoms with Crippen LogP contribution < -0.4 is 11.1 Å². The molecule has 1 rings (SSSR count). The Bertz CT molecular complexity index is 246. The van der Waals surface area contributed by atoms with Crippen molar-refractivity contribution >= 4 is 5.91 Å². The molecule has 1 amide bonds. The van der Waals surface area contributed by atoms with E-state index in [1.807, 2.05) is 20.8 Å². The fourth-order valence-electron chi connectivity index (χ4n) is 2.11. The number of amides is 1. The molecule has 0 saturated carbocycles. The van der Waals surface area contributed by atoms with Gasteiger partial charge in [-0.05, 0) is 20.8 Å². The van der Waals surface area contributed by atoms with Crippen molar-refractivity contribution in [2.45, 2.75) is 45.4 Å². The average Bonchev–Trinajstić information content (AvgIpc) is 2.24. The molecule has 3 N–H and O–H groups in total. The summed E-state index contributed by atoms with van der Waals surface area (Å²) < 4.78 is 5.67. The van der Waals surface area contributed by atoms with Gasteiger partial charge in [0.15, 0.2) is 0 Å². The number of nitrogens with two attached hydrogens (primary N) is 1. The average molecular weight is 243 g/mol.